The highest BCUT2D eigenvalue weighted by Gasteiger charge is 2.41. The van der Waals surface area contributed by atoms with Crippen molar-refractivity contribution in [1.29, 1.82) is 0 Å². The minimum absolute atomic E-state index is 0.111. The number of aromatic nitrogens is 3. The summed E-state index contributed by atoms with van der Waals surface area (Å²) in [7, 11) is 0. The van der Waals surface area contributed by atoms with Crippen LogP contribution < -0.4 is 5.32 Å². The van der Waals surface area contributed by atoms with Crippen LogP contribution >= 0.6 is 11.3 Å². The number of nitrogens with one attached hydrogen (secondary N) is 1. The average Bonchev–Trinajstić information content (AvgIpc) is 3.34. The number of ether oxygens (including phenoxy) is 1. The fourth-order valence-corrected chi connectivity index (χ4v) is 5.79. The van der Waals surface area contributed by atoms with E-state index < -0.39 is 17.7 Å². The lowest BCUT2D eigenvalue weighted by Gasteiger charge is -2.43. The second kappa shape index (κ2) is 12.3. The maximum Gasteiger partial charge on any atom is 0.411 e. The number of hydrogen-bond donors (Lipinski definition) is 1. The van der Waals surface area contributed by atoms with E-state index >= 15 is 0 Å². The summed E-state index contributed by atoms with van der Waals surface area (Å²) in [5.74, 6) is 1.29. The Labute approximate surface area is 234 Å². The van der Waals surface area contributed by atoms with Crippen LogP contribution in [0.5, 0.6) is 0 Å². The highest BCUT2D eigenvalue weighted by Crippen LogP contribution is 2.29. The first-order valence-electron chi connectivity index (χ1n) is 13.6. The molecule has 12 heteroatoms. The SMILES string of the molecule is CCCc1cnc(Nc2ccnc(C3CCN(C(=O)C4CN(C(C)=O)CCN4C(=O)OC(C)(C)C)CC3)n2)s1. The van der Waals surface area contributed by atoms with Gasteiger partial charge in [0.1, 0.15) is 23.3 Å². The van der Waals surface area contributed by atoms with Gasteiger partial charge >= 0.3 is 6.09 Å². The zero-order chi connectivity index (χ0) is 28.2. The van der Waals surface area contributed by atoms with Crippen molar-refractivity contribution in [3.05, 3.63) is 29.2 Å². The topological polar surface area (TPSA) is 121 Å². The average molecular weight is 558 g/mol. The van der Waals surface area contributed by atoms with Gasteiger partial charge in [-0.15, -0.1) is 11.3 Å². The normalized spacial score (nSPS) is 18.7. The van der Waals surface area contributed by atoms with Crippen molar-refractivity contribution in [2.24, 2.45) is 0 Å². The minimum atomic E-state index is -0.770. The van der Waals surface area contributed by atoms with Gasteiger partial charge in [-0.3, -0.25) is 14.5 Å². The molecule has 39 heavy (non-hydrogen) atoms. The number of piperazine rings is 1. The Hall–Kier alpha value is -3.28. The summed E-state index contributed by atoms with van der Waals surface area (Å²) in [5.41, 5.74) is -0.679. The van der Waals surface area contributed by atoms with Gasteiger partial charge in [-0.2, -0.15) is 0 Å². The monoisotopic (exact) mass is 557 g/mol. The summed E-state index contributed by atoms with van der Waals surface area (Å²) in [4.78, 5) is 58.4. The molecule has 2 fully saturated rings. The summed E-state index contributed by atoms with van der Waals surface area (Å²) >= 11 is 1.63. The van der Waals surface area contributed by atoms with Crippen molar-refractivity contribution < 1.29 is 19.1 Å². The highest BCUT2D eigenvalue weighted by molar-refractivity contribution is 7.15. The molecule has 2 aromatic heterocycles. The van der Waals surface area contributed by atoms with Crippen LogP contribution in [0.1, 0.15) is 70.5 Å². The molecule has 2 saturated heterocycles. The zero-order valence-corrected chi connectivity index (χ0v) is 24.3. The first-order chi connectivity index (χ1) is 18.5. The number of nitrogens with zero attached hydrogens (tertiary/aromatic N) is 6. The molecule has 0 bridgehead atoms. The van der Waals surface area contributed by atoms with E-state index in [0.717, 1.165) is 23.8 Å². The molecule has 4 rings (SSSR count). The summed E-state index contributed by atoms with van der Waals surface area (Å²) < 4.78 is 5.57. The molecule has 4 heterocycles. The number of carbonyl (C=O) groups is 3. The Morgan fingerprint density at radius 2 is 1.85 bits per heavy atom. The fraction of sp³-hybridized carbons (Fsp3) is 0.630. The Bertz CT molecular complexity index is 1170. The molecule has 1 N–H and O–H groups in total. The number of amides is 3. The van der Waals surface area contributed by atoms with Crippen molar-refractivity contribution >= 4 is 40.2 Å². The van der Waals surface area contributed by atoms with E-state index in [1.165, 1.54) is 16.7 Å². The van der Waals surface area contributed by atoms with Crippen LogP contribution in [0.2, 0.25) is 0 Å². The summed E-state index contributed by atoms with van der Waals surface area (Å²) in [6.45, 7) is 10.9. The van der Waals surface area contributed by atoms with E-state index in [1.807, 2.05) is 12.3 Å². The molecular weight excluding hydrogens is 518 g/mol. The van der Waals surface area contributed by atoms with Gasteiger partial charge in [0.25, 0.3) is 0 Å². The number of hydrogen-bond acceptors (Lipinski definition) is 9. The third-order valence-electron chi connectivity index (χ3n) is 6.87. The largest absolute Gasteiger partial charge is 0.444 e. The molecule has 0 aliphatic carbocycles. The maximum absolute atomic E-state index is 13.6. The Kier molecular flexibility index (Phi) is 9.04. The van der Waals surface area contributed by atoms with Gasteiger partial charge in [0.2, 0.25) is 11.8 Å². The molecule has 0 radical (unpaired) electrons. The van der Waals surface area contributed by atoms with Crippen LogP contribution in [0.4, 0.5) is 15.7 Å². The van der Waals surface area contributed by atoms with Gasteiger partial charge in [-0.1, -0.05) is 13.3 Å². The molecule has 2 aliphatic rings. The van der Waals surface area contributed by atoms with Gasteiger partial charge in [-0.25, -0.2) is 19.7 Å². The van der Waals surface area contributed by atoms with E-state index in [9.17, 15) is 14.4 Å². The molecule has 212 valence electrons. The van der Waals surface area contributed by atoms with E-state index in [2.05, 4.69) is 22.2 Å². The second-order valence-electron chi connectivity index (χ2n) is 11.1. The van der Waals surface area contributed by atoms with Gasteiger partial charge in [0.15, 0.2) is 5.13 Å². The van der Waals surface area contributed by atoms with E-state index in [-0.39, 0.29) is 30.8 Å². The van der Waals surface area contributed by atoms with Gasteiger partial charge in [0.05, 0.1) is 6.54 Å². The molecule has 11 nitrogen and oxygen atoms in total. The molecule has 2 aromatic rings. The standard InChI is InChI=1S/C27H39N7O4S/c1-6-7-20-16-29-25(39-20)31-22-8-11-28-23(30-22)19-9-12-32(13-10-19)24(36)21-17-33(18(2)35)14-15-34(21)26(37)38-27(3,4)5/h8,11,16,19,21H,6-7,9-10,12-15,17H2,1-5H3,(H,28,29,30,31). The third-order valence-corrected chi connectivity index (χ3v) is 7.84. The van der Waals surface area contributed by atoms with Gasteiger partial charge < -0.3 is 19.9 Å². The number of thiazole rings is 1. The summed E-state index contributed by atoms with van der Waals surface area (Å²) in [6, 6.07) is 1.06. The molecule has 1 atom stereocenters. The number of likely N-dealkylation sites (tertiary alicyclic amines) is 1. The third kappa shape index (κ3) is 7.43. The zero-order valence-electron chi connectivity index (χ0n) is 23.5. The summed E-state index contributed by atoms with van der Waals surface area (Å²) in [5, 5.41) is 4.10. The van der Waals surface area contributed by atoms with E-state index in [0.29, 0.717) is 38.3 Å². The van der Waals surface area contributed by atoms with E-state index in [4.69, 9.17) is 9.72 Å². The Morgan fingerprint density at radius 1 is 1.10 bits per heavy atom. The lowest BCUT2D eigenvalue weighted by Crippen LogP contribution is -2.62. The molecule has 3 amide bonds. The van der Waals surface area contributed by atoms with E-state index in [1.54, 1.807) is 48.1 Å². The molecule has 0 saturated carbocycles. The number of piperidine rings is 1. The quantitative estimate of drug-likeness (QED) is 0.569. The van der Waals surface area contributed by atoms with Gasteiger partial charge in [-0.05, 0) is 46.1 Å². The number of rotatable bonds is 6. The predicted octanol–water partition coefficient (Wildman–Crippen LogP) is 3.80. The lowest BCUT2D eigenvalue weighted by molar-refractivity contribution is -0.143. The predicted molar refractivity (Wildman–Crippen MR) is 149 cm³/mol. The van der Waals surface area contributed by atoms with Crippen LogP contribution in [0.25, 0.3) is 0 Å². The second-order valence-corrected chi connectivity index (χ2v) is 12.2. The fourth-order valence-electron chi connectivity index (χ4n) is 4.87. The van der Waals surface area contributed by atoms with Crippen molar-refractivity contribution in [2.75, 3.05) is 38.0 Å². The van der Waals surface area contributed by atoms with Gasteiger partial charge in [0, 0.05) is 56.3 Å². The minimum Gasteiger partial charge on any atom is -0.444 e. The Balaban J connectivity index is 1.39. The van der Waals surface area contributed by atoms with Crippen molar-refractivity contribution in [2.45, 2.75) is 77.9 Å². The van der Waals surface area contributed by atoms with Crippen molar-refractivity contribution in [3.8, 4) is 0 Å². The Morgan fingerprint density at radius 3 is 2.51 bits per heavy atom. The first kappa shape index (κ1) is 28.7. The van der Waals surface area contributed by atoms with Crippen LogP contribution in [0.15, 0.2) is 18.5 Å². The smallest absolute Gasteiger partial charge is 0.411 e. The number of aryl methyl sites for hydroxylation is 1. The maximum atomic E-state index is 13.6. The number of anilines is 2. The molecule has 1 unspecified atom stereocenters. The lowest BCUT2D eigenvalue weighted by atomic mass is 9.95. The number of carbonyl (C=O) groups excluding carboxylic acids is 3. The summed E-state index contributed by atoms with van der Waals surface area (Å²) in [6.07, 6.45) is 6.63. The van der Waals surface area contributed by atoms with Crippen molar-refractivity contribution in [3.63, 3.8) is 0 Å². The molecule has 0 aromatic carbocycles. The van der Waals surface area contributed by atoms with Crippen LogP contribution in [0, 0.1) is 0 Å². The van der Waals surface area contributed by atoms with Crippen LogP contribution in [0.3, 0.4) is 0 Å². The molecular formula is C27H39N7O4S. The first-order valence-corrected chi connectivity index (χ1v) is 14.4. The van der Waals surface area contributed by atoms with Crippen molar-refractivity contribution in [1.82, 2.24) is 29.7 Å². The van der Waals surface area contributed by atoms with Crippen LogP contribution in [-0.4, -0.2) is 91.9 Å². The molecule has 2 aliphatic heterocycles. The highest BCUT2D eigenvalue weighted by atomic mass is 32.1. The molecule has 0 spiro atoms. The van der Waals surface area contributed by atoms with Crippen LogP contribution in [-0.2, 0) is 20.7 Å².